The summed E-state index contributed by atoms with van der Waals surface area (Å²) in [5.41, 5.74) is 0.287. The zero-order valence-corrected chi connectivity index (χ0v) is 14.3. The zero-order chi connectivity index (χ0) is 17.6. The van der Waals surface area contributed by atoms with E-state index in [2.05, 4.69) is 5.32 Å². The summed E-state index contributed by atoms with van der Waals surface area (Å²) in [6.07, 6.45) is 1.76. The van der Waals surface area contributed by atoms with Gasteiger partial charge in [-0.2, -0.15) is 4.31 Å². The van der Waals surface area contributed by atoms with Crippen LogP contribution < -0.4 is 5.32 Å². The number of ether oxygens (including phenoxy) is 2. The predicted molar refractivity (Wildman–Crippen MR) is 85.5 cm³/mol. The van der Waals surface area contributed by atoms with Crippen LogP contribution in [0.4, 0.5) is 0 Å². The van der Waals surface area contributed by atoms with E-state index in [4.69, 9.17) is 9.47 Å². The summed E-state index contributed by atoms with van der Waals surface area (Å²) in [6, 6.07) is 3.63. The Hall–Kier alpha value is -1.81. The highest BCUT2D eigenvalue weighted by Gasteiger charge is 2.41. The van der Waals surface area contributed by atoms with Crippen LogP contribution in [0.1, 0.15) is 40.0 Å². The molecule has 3 heterocycles. The third-order valence-corrected chi connectivity index (χ3v) is 6.69. The van der Waals surface area contributed by atoms with Crippen molar-refractivity contribution in [2.45, 2.75) is 36.5 Å². The number of piperidine rings is 1. The van der Waals surface area contributed by atoms with Gasteiger partial charge in [0.05, 0.1) is 35.3 Å². The summed E-state index contributed by atoms with van der Waals surface area (Å²) in [4.78, 5) is 23.5. The Morgan fingerprint density at radius 3 is 2.52 bits per heavy atom. The molecule has 1 aromatic carbocycles. The Balaban J connectivity index is 1.69. The normalized spacial score (nSPS) is 25.2. The highest BCUT2D eigenvalue weighted by atomic mass is 32.2. The van der Waals surface area contributed by atoms with Gasteiger partial charge in [0.1, 0.15) is 0 Å². The molecule has 0 radical (unpaired) electrons. The van der Waals surface area contributed by atoms with E-state index in [1.807, 2.05) is 0 Å². The van der Waals surface area contributed by atoms with E-state index in [1.165, 1.54) is 22.5 Å². The molecule has 0 spiro atoms. The second kappa shape index (κ2) is 6.17. The number of hydrogen-bond donors (Lipinski definition) is 1. The van der Waals surface area contributed by atoms with E-state index in [9.17, 15) is 18.0 Å². The van der Waals surface area contributed by atoms with Crippen LogP contribution in [0.25, 0.3) is 0 Å². The minimum absolute atomic E-state index is 0.000923. The largest absolute Gasteiger partial charge is 0.349 e. The predicted octanol–water partition coefficient (Wildman–Crippen LogP) is 0.486. The van der Waals surface area contributed by atoms with E-state index < -0.39 is 28.1 Å². The average molecular weight is 366 g/mol. The molecule has 1 N–H and O–H groups in total. The van der Waals surface area contributed by atoms with Gasteiger partial charge in [0, 0.05) is 6.54 Å². The van der Waals surface area contributed by atoms with Crippen molar-refractivity contribution in [2.24, 2.45) is 0 Å². The van der Waals surface area contributed by atoms with Gasteiger partial charge in [-0.1, -0.05) is 6.42 Å². The van der Waals surface area contributed by atoms with E-state index in [-0.39, 0.29) is 22.1 Å². The first-order chi connectivity index (χ1) is 12.0. The number of fused-ring (bicyclic) bond motifs is 1. The number of rotatable bonds is 3. The van der Waals surface area contributed by atoms with Crippen LogP contribution in [0.2, 0.25) is 0 Å². The van der Waals surface area contributed by atoms with Gasteiger partial charge in [-0.15, -0.1) is 0 Å². The lowest BCUT2D eigenvalue weighted by molar-refractivity contribution is -0.0913. The van der Waals surface area contributed by atoms with Crippen molar-refractivity contribution >= 4 is 21.8 Å². The maximum Gasteiger partial charge on any atom is 0.258 e. The van der Waals surface area contributed by atoms with Gasteiger partial charge >= 0.3 is 0 Å². The summed E-state index contributed by atoms with van der Waals surface area (Å²) in [6.45, 7) is 1.28. The van der Waals surface area contributed by atoms with Crippen molar-refractivity contribution in [1.29, 1.82) is 0 Å². The number of benzene rings is 1. The fourth-order valence-electron chi connectivity index (χ4n) is 3.54. The minimum atomic E-state index is -3.83. The molecule has 9 heteroatoms. The average Bonchev–Trinajstić information content (AvgIpc) is 3.24. The first-order valence-electron chi connectivity index (χ1n) is 8.23. The first kappa shape index (κ1) is 16.6. The van der Waals surface area contributed by atoms with E-state index in [0.29, 0.717) is 26.2 Å². The fourth-order valence-corrected chi connectivity index (χ4v) is 5.25. The van der Waals surface area contributed by atoms with Crippen LogP contribution in [0, 0.1) is 0 Å². The molecule has 3 aliphatic heterocycles. The molecule has 4 rings (SSSR count). The van der Waals surface area contributed by atoms with Crippen LogP contribution in [-0.4, -0.2) is 56.6 Å². The minimum Gasteiger partial charge on any atom is -0.349 e. The van der Waals surface area contributed by atoms with Crippen molar-refractivity contribution < 1.29 is 27.5 Å². The topological polar surface area (TPSA) is 102 Å². The summed E-state index contributed by atoms with van der Waals surface area (Å²) >= 11 is 0. The molecule has 0 aromatic heterocycles. The van der Waals surface area contributed by atoms with E-state index in [1.54, 1.807) is 0 Å². The molecule has 2 fully saturated rings. The molecule has 8 nitrogen and oxygen atoms in total. The van der Waals surface area contributed by atoms with Gasteiger partial charge in [0.2, 0.25) is 10.0 Å². The molecular formula is C16H18N2O6S. The molecule has 0 bridgehead atoms. The Morgan fingerprint density at radius 2 is 1.76 bits per heavy atom. The van der Waals surface area contributed by atoms with Crippen LogP contribution in [0.5, 0.6) is 0 Å². The summed E-state index contributed by atoms with van der Waals surface area (Å²) in [5.74, 6) is -1.08. The number of nitrogens with zero attached hydrogens (tertiary/aromatic N) is 1. The molecule has 0 aliphatic carbocycles. The zero-order valence-electron chi connectivity index (χ0n) is 13.4. The SMILES string of the molecule is O=C1NC(=O)c2cc(S(=O)(=O)N3CCCCC3C3OCCO3)ccc21. The lowest BCUT2D eigenvalue weighted by Crippen LogP contribution is -2.50. The van der Waals surface area contributed by atoms with Gasteiger partial charge in [0.25, 0.3) is 11.8 Å². The molecule has 1 unspecified atom stereocenters. The van der Waals surface area contributed by atoms with Gasteiger partial charge < -0.3 is 9.47 Å². The first-order valence-corrected chi connectivity index (χ1v) is 9.67. The fraction of sp³-hybridized carbons (Fsp3) is 0.500. The lowest BCUT2D eigenvalue weighted by atomic mass is 10.0. The van der Waals surface area contributed by atoms with E-state index >= 15 is 0 Å². The highest BCUT2D eigenvalue weighted by molar-refractivity contribution is 7.89. The van der Waals surface area contributed by atoms with Crippen LogP contribution in [0.15, 0.2) is 23.1 Å². The molecule has 134 valence electrons. The maximum atomic E-state index is 13.1. The van der Waals surface area contributed by atoms with Gasteiger partial charge in [-0.3, -0.25) is 14.9 Å². The number of imide groups is 1. The van der Waals surface area contributed by atoms with E-state index in [0.717, 1.165) is 12.8 Å². The maximum absolute atomic E-state index is 13.1. The second-order valence-electron chi connectivity index (χ2n) is 6.28. The smallest absolute Gasteiger partial charge is 0.258 e. The molecule has 0 saturated carbocycles. The second-order valence-corrected chi connectivity index (χ2v) is 8.17. The Kier molecular flexibility index (Phi) is 4.11. The molecule has 3 aliphatic rings. The Bertz CT molecular complexity index is 831. The third-order valence-electron chi connectivity index (χ3n) is 4.77. The molecule has 25 heavy (non-hydrogen) atoms. The molecule has 1 aromatic rings. The number of nitrogens with one attached hydrogen (secondary N) is 1. The van der Waals surface area contributed by atoms with Crippen molar-refractivity contribution in [3.63, 3.8) is 0 Å². The van der Waals surface area contributed by atoms with Gasteiger partial charge in [-0.05, 0) is 31.0 Å². The van der Waals surface area contributed by atoms with Gasteiger partial charge in [0.15, 0.2) is 6.29 Å². The number of carbonyl (C=O) groups excluding carboxylic acids is 2. The van der Waals surface area contributed by atoms with Crippen LogP contribution >= 0.6 is 0 Å². The van der Waals surface area contributed by atoms with Crippen LogP contribution in [-0.2, 0) is 19.5 Å². The van der Waals surface area contributed by atoms with Crippen molar-refractivity contribution in [3.8, 4) is 0 Å². The summed E-state index contributed by atoms with van der Waals surface area (Å²) in [7, 11) is -3.83. The lowest BCUT2D eigenvalue weighted by Gasteiger charge is -2.36. The number of carbonyl (C=O) groups is 2. The molecule has 1 atom stereocenters. The Labute approximate surface area is 145 Å². The monoisotopic (exact) mass is 366 g/mol. The number of amides is 2. The third kappa shape index (κ3) is 2.77. The number of hydrogen-bond acceptors (Lipinski definition) is 6. The Morgan fingerprint density at radius 1 is 1.04 bits per heavy atom. The van der Waals surface area contributed by atoms with Crippen molar-refractivity contribution in [3.05, 3.63) is 29.3 Å². The molecule has 2 amide bonds. The van der Waals surface area contributed by atoms with Crippen molar-refractivity contribution in [1.82, 2.24) is 9.62 Å². The van der Waals surface area contributed by atoms with Crippen LogP contribution in [0.3, 0.4) is 0 Å². The van der Waals surface area contributed by atoms with Gasteiger partial charge in [-0.25, -0.2) is 8.42 Å². The summed E-state index contributed by atoms with van der Waals surface area (Å²) < 4.78 is 38.7. The van der Waals surface area contributed by atoms with Crippen molar-refractivity contribution in [2.75, 3.05) is 19.8 Å². The standard InChI is InChI=1S/C16H18N2O6S/c19-14-11-5-4-10(9-12(11)15(20)17-14)25(21,22)18-6-2-1-3-13(18)16-23-7-8-24-16/h4-5,9,13,16H,1-3,6-8H2,(H,17,19,20). The summed E-state index contributed by atoms with van der Waals surface area (Å²) in [5, 5.41) is 2.17. The molecule has 2 saturated heterocycles. The quantitative estimate of drug-likeness (QED) is 0.781. The number of sulfonamides is 1. The highest BCUT2D eigenvalue weighted by Crippen LogP contribution is 2.31. The molecular weight excluding hydrogens is 348 g/mol.